The molecule has 98 valence electrons. The molecule has 0 radical (unpaired) electrons. The van der Waals surface area contributed by atoms with Crippen LogP contribution in [0.3, 0.4) is 0 Å². The lowest BCUT2D eigenvalue weighted by Crippen LogP contribution is -2.32. The molecule has 1 aromatic heterocycles. The predicted octanol–water partition coefficient (Wildman–Crippen LogP) is 1.47. The maximum absolute atomic E-state index is 12.0. The normalized spacial score (nSPS) is 20.0. The van der Waals surface area contributed by atoms with Crippen molar-refractivity contribution in [2.75, 3.05) is 6.54 Å². The fourth-order valence-electron chi connectivity index (χ4n) is 3.12. The van der Waals surface area contributed by atoms with Gasteiger partial charge in [-0.25, -0.2) is 4.68 Å². The summed E-state index contributed by atoms with van der Waals surface area (Å²) in [5.74, 6) is 0.816. The maximum atomic E-state index is 12.0. The zero-order chi connectivity index (χ0) is 12.4. The van der Waals surface area contributed by atoms with Crippen LogP contribution in [0.1, 0.15) is 43.4 Å². The molecule has 1 aliphatic heterocycles. The standard InChI is InChI=1S/C14H21N3O/c18-14-9-12-10-15-7-5-13(12)16-17(14)8-6-11-3-1-2-4-11/h9,11,15H,1-8,10H2. The van der Waals surface area contributed by atoms with Gasteiger partial charge in [0.2, 0.25) is 0 Å². The van der Waals surface area contributed by atoms with Crippen LogP contribution in [0.15, 0.2) is 10.9 Å². The summed E-state index contributed by atoms with van der Waals surface area (Å²) in [7, 11) is 0. The van der Waals surface area contributed by atoms with Gasteiger partial charge < -0.3 is 5.32 Å². The predicted molar refractivity (Wildman–Crippen MR) is 70.5 cm³/mol. The van der Waals surface area contributed by atoms with Crippen molar-refractivity contribution in [1.82, 2.24) is 15.1 Å². The van der Waals surface area contributed by atoms with Crippen molar-refractivity contribution >= 4 is 0 Å². The van der Waals surface area contributed by atoms with Crippen molar-refractivity contribution in [3.63, 3.8) is 0 Å². The Morgan fingerprint density at radius 2 is 2.22 bits per heavy atom. The van der Waals surface area contributed by atoms with Gasteiger partial charge in [-0.1, -0.05) is 25.7 Å². The second kappa shape index (κ2) is 5.22. The number of nitrogens with zero attached hydrogens (tertiary/aromatic N) is 2. The number of aryl methyl sites for hydroxylation is 1. The van der Waals surface area contributed by atoms with Gasteiger partial charge in [-0.3, -0.25) is 4.79 Å². The van der Waals surface area contributed by atoms with E-state index in [4.69, 9.17) is 0 Å². The molecule has 3 rings (SSSR count). The monoisotopic (exact) mass is 247 g/mol. The Bertz CT molecular complexity index is 474. The Morgan fingerprint density at radius 3 is 3.06 bits per heavy atom. The highest BCUT2D eigenvalue weighted by Gasteiger charge is 2.16. The molecule has 1 aromatic rings. The van der Waals surface area contributed by atoms with Gasteiger partial charge >= 0.3 is 0 Å². The number of hydrogen-bond acceptors (Lipinski definition) is 3. The molecule has 1 saturated carbocycles. The summed E-state index contributed by atoms with van der Waals surface area (Å²) in [6.45, 7) is 2.56. The molecule has 0 bridgehead atoms. The van der Waals surface area contributed by atoms with E-state index < -0.39 is 0 Å². The van der Waals surface area contributed by atoms with Gasteiger partial charge in [0.15, 0.2) is 0 Å². The highest BCUT2D eigenvalue weighted by Crippen LogP contribution is 2.27. The van der Waals surface area contributed by atoms with E-state index in [2.05, 4.69) is 10.4 Å². The van der Waals surface area contributed by atoms with Crippen molar-refractivity contribution in [1.29, 1.82) is 0 Å². The van der Waals surface area contributed by atoms with Crippen molar-refractivity contribution in [2.45, 2.75) is 51.6 Å². The van der Waals surface area contributed by atoms with Crippen LogP contribution in [0.2, 0.25) is 0 Å². The molecule has 4 nitrogen and oxygen atoms in total. The van der Waals surface area contributed by atoms with Crippen LogP contribution < -0.4 is 10.9 Å². The van der Waals surface area contributed by atoms with Crippen molar-refractivity contribution in [2.24, 2.45) is 5.92 Å². The number of rotatable bonds is 3. The Balaban J connectivity index is 1.72. The van der Waals surface area contributed by atoms with Crippen LogP contribution in [-0.4, -0.2) is 16.3 Å². The summed E-state index contributed by atoms with van der Waals surface area (Å²) in [5, 5.41) is 7.81. The number of fused-ring (bicyclic) bond motifs is 1. The minimum atomic E-state index is 0.0652. The highest BCUT2D eigenvalue weighted by atomic mass is 16.1. The van der Waals surface area contributed by atoms with Crippen LogP contribution in [0.4, 0.5) is 0 Å². The van der Waals surface area contributed by atoms with E-state index >= 15 is 0 Å². The van der Waals surface area contributed by atoms with E-state index in [-0.39, 0.29) is 5.56 Å². The first kappa shape index (κ1) is 11.9. The molecule has 4 heteroatoms. The van der Waals surface area contributed by atoms with Gasteiger partial charge in [-0.15, -0.1) is 0 Å². The highest BCUT2D eigenvalue weighted by molar-refractivity contribution is 5.20. The van der Waals surface area contributed by atoms with E-state index in [9.17, 15) is 4.79 Å². The van der Waals surface area contributed by atoms with E-state index in [1.54, 1.807) is 10.7 Å². The van der Waals surface area contributed by atoms with Crippen LogP contribution in [0.25, 0.3) is 0 Å². The summed E-state index contributed by atoms with van der Waals surface area (Å²) < 4.78 is 1.68. The molecule has 1 aliphatic carbocycles. The number of nitrogens with one attached hydrogen (secondary N) is 1. The first-order chi connectivity index (χ1) is 8.83. The second-order valence-electron chi connectivity index (χ2n) is 5.54. The first-order valence-electron chi connectivity index (χ1n) is 7.13. The Morgan fingerprint density at radius 1 is 1.39 bits per heavy atom. The van der Waals surface area contributed by atoms with E-state index in [0.29, 0.717) is 0 Å². The topological polar surface area (TPSA) is 46.9 Å². The van der Waals surface area contributed by atoms with Crippen LogP contribution >= 0.6 is 0 Å². The average molecular weight is 247 g/mol. The van der Waals surface area contributed by atoms with Crippen molar-refractivity contribution < 1.29 is 0 Å². The molecule has 0 saturated heterocycles. The molecule has 0 spiro atoms. The van der Waals surface area contributed by atoms with Crippen molar-refractivity contribution in [3.05, 3.63) is 27.7 Å². The number of aromatic nitrogens is 2. The van der Waals surface area contributed by atoms with Crippen molar-refractivity contribution in [3.8, 4) is 0 Å². The quantitative estimate of drug-likeness (QED) is 0.880. The lowest BCUT2D eigenvalue weighted by Gasteiger charge is -2.17. The summed E-state index contributed by atoms with van der Waals surface area (Å²) in [4.78, 5) is 12.0. The zero-order valence-electron chi connectivity index (χ0n) is 10.8. The molecule has 0 unspecified atom stereocenters. The van der Waals surface area contributed by atoms with Crippen LogP contribution in [0.5, 0.6) is 0 Å². The largest absolute Gasteiger partial charge is 0.312 e. The summed E-state index contributed by atoms with van der Waals surface area (Å²) in [5.41, 5.74) is 2.26. The van der Waals surface area contributed by atoms with Crippen LogP contribution in [0, 0.1) is 5.92 Å². The molecular formula is C14H21N3O. The molecular weight excluding hydrogens is 226 g/mol. The van der Waals surface area contributed by atoms with Gasteiger partial charge in [-0.05, 0) is 17.9 Å². The third kappa shape index (κ3) is 2.48. The summed E-state index contributed by atoms with van der Waals surface area (Å²) in [6.07, 6.45) is 7.46. The third-order valence-electron chi connectivity index (χ3n) is 4.24. The molecule has 18 heavy (non-hydrogen) atoms. The Labute approximate surface area is 107 Å². The second-order valence-corrected chi connectivity index (χ2v) is 5.54. The van der Waals surface area contributed by atoms with E-state index in [1.807, 2.05) is 0 Å². The maximum Gasteiger partial charge on any atom is 0.267 e. The van der Waals surface area contributed by atoms with Gasteiger partial charge in [-0.2, -0.15) is 5.10 Å². The molecule has 0 atom stereocenters. The third-order valence-corrected chi connectivity index (χ3v) is 4.24. The SMILES string of the molecule is O=c1cc2c(nn1CCC1CCCC1)CCNC2. The minimum absolute atomic E-state index is 0.0652. The fourth-order valence-corrected chi connectivity index (χ4v) is 3.12. The van der Waals surface area contributed by atoms with Crippen LogP contribution in [-0.2, 0) is 19.5 Å². The summed E-state index contributed by atoms with van der Waals surface area (Å²) in [6, 6.07) is 1.77. The Hall–Kier alpha value is -1.16. The first-order valence-corrected chi connectivity index (χ1v) is 7.13. The Kier molecular flexibility index (Phi) is 3.46. The van der Waals surface area contributed by atoms with Gasteiger partial charge in [0.1, 0.15) is 0 Å². The van der Waals surface area contributed by atoms with E-state index in [1.165, 1.54) is 25.7 Å². The molecule has 2 aliphatic rings. The number of hydrogen-bond donors (Lipinski definition) is 1. The van der Waals surface area contributed by atoms with Gasteiger partial charge in [0.25, 0.3) is 5.56 Å². The molecule has 0 aromatic carbocycles. The molecule has 1 fully saturated rings. The van der Waals surface area contributed by atoms with Gasteiger partial charge in [0, 0.05) is 32.1 Å². The lowest BCUT2D eigenvalue weighted by molar-refractivity contribution is 0.422. The molecule has 1 N–H and O–H groups in total. The van der Waals surface area contributed by atoms with E-state index in [0.717, 1.165) is 49.7 Å². The zero-order valence-corrected chi connectivity index (χ0v) is 10.8. The molecule has 0 amide bonds. The summed E-state index contributed by atoms with van der Waals surface area (Å²) >= 11 is 0. The van der Waals surface area contributed by atoms with Gasteiger partial charge in [0.05, 0.1) is 5.69 Å². The lowest BCUT2D eigenvalue weighted by atomic mass is 10.0. The molecule has 2 heterocycles. The average Bonchev–Trinajstić information content (AvgIpc) is 2.89. The fraction of sp³-hybridized carbons (Fsp3) is 0.714. The smallest absolute Gasteiger partial charge is 0.267 e. The minimum Gasteiger partial charge on any atom is -0.312 e.